The van der Waals surface area contributed by atoms with Gasteiger partial charge in [0, 0.05) is 0 Å². The summed E-state index contributed by atoms with van der Waals surface area (Å²) in [7, 11) is 0. The van der Waals surface area contributed by atoms with E-state index < -0.39 is 11.6 Å². The molecule has 2 saturated carbocycles. The molecule has 0 aromatic rings. The molecule has 0 unspecified atom stereocenters. The maximum atomic E-state index is 11.5. The van der Waals surface area contributed by atoms with Crippen molar-refractivity contribution in [3.05, 3.63) is 0 Å². The number of aliphatic carboxylic acids is 1. The second kappa shape index (κ2) is 4.76. The van der Waals surface area contributed by atoms with Crippen LogP contribution in [0.1, 0.15) is 38.5 Å². The first kappa shape index (κ1) is 12.9. The molecule has 0 saturated heterocycles. The van der Waals surface area contributed by atoms with Crippen LogP contribution in [-0.2, 0) is 14.3 Å². The summed E-state index contributed by atoms with van der Waals surface area (Å²) < 4.78 is 5.10. The van der Waals surface area contributed by atoms with Crippen LogP contribution in [0.4, 0.5) is 0 Å². The van der Waals surface area contributed by atoms with Gasteiger partial charge in [-0.05, 0) is 32.1 Å². The van der Waals surface area contributed by atoms with Gasteiger partial charge >= 0.3 is 37.8 Å². The van der Waals surface area contributed by atoms with Crippen LogP contribution < -0.4 is 0 Å². The van der Waals surface area contributed by atoms with Gasteiger partial charge in [0.1, 0.15) is 0 Å². The minimum atomic E-state index is -1.17. The summed E-state index contributed by atoms with van der Waals surface area (Å²) in [6.45, 7) is 0. The summed E-state index contributed by atoms with van der Waals surface area (Å²) in [4.78, 5) is 22.3. The van der Waals surface area contributed by atoms with Crippen molar-refractivity contribution in [3.63, 3.8) is 0 Å². The number of carboxylic acids is 1. The molecule has 4 nitrogen and oxygen atoms in total. The quantitative estimate of drug-likeness (QED) is 0.753. The third-order valence-electron chi connectivity index (χ3n) is 3.29. The summed E-state index contributed by atoms with van der Waals surface area (Å²) >= 11 is 0. The Balaban J connectivity index is 0.00000112. The second-order valence-electron chi connectivity index (χ2n) is 4.20. The molecule has 0 spiro atoms. The Hall–Kier alpha value is -0.190. The van der Waals surface area contributed by atoms with Gasteiger partial charge in [0.25, 0.3) is 0 Å². The minimum absolute atomic E-state index is 0. The molecule has 2 aliphatic rings. The Bertz CT molecular complexity index is 269. The Morgan fingerprint density at radius 1 is 1.20 bits per heavy atom. The van der Waals surface area contributed by atoms with E-state index in [0.29, 0.717) is 12.8 Å². The third-order valence-corrected chi connectivity index (χ3v) is 3.29. The van der Waals surface area contributed by atoms with Crippen molar-refractivity contribution in [2.24, 2.45) is 5.92 Å². The summed E-state index contributed by atoms with van der Waals surface area (Å²) in [6.07, 6.45) is 4.55. The normalized spacial score (nSPS) is 22.9. The number of hydrogen-bond donors (Lipinski definition) is 1. The zero-order valence-electron chi connectivity index (χ0n) is 7.99. The number of carbonyl (C=O) groups excluding carboxylic acids is 1. The van der Waals surface area contributed by atoms with Crippen molar-refractivity contribution >= 4 is 37.8 Å². The molecular weight excluding hydrogens is 299 g/mol. The van der Waals surface area contributed by atoms with Crippen molar-refractivity contribution in [3.8, 4) is 0 Å². The number of rotatable bonds is 3. The van der Waals surface area contributed by atoms with Crippen molar-refractivity contribution in [2.45, 2.75) is 44.1 Å². The van der Waals surface area contributed by atoms with Gasteiger partial charge in [-0.2, -0.15) is 0 Å². The molecule has 2 rings (SSSR count). The molecule has 2 fully saturated rings. The van der Waals surface area contributed by atoms with Gasteiger partial charge < -0.3 is 9.84 Å². The third kappa shape index (κ3) is 2.32. The molecule has 1 N–H and O–H groups in total. The number of esters is 1. The van der Waals surface area contributed by atoms with Crippen LogP contribution >= 0.6 is 0 Å². The molecule has 0 heterocycles. The molecule has 0 aromatic heterocycles. The second-order valence-corrected chi connectivity index (χ2v) is 4.20. The molecule has 15 heavy (non-hydrogen) atoms. The predicted molar refractivity (Wildman–Crippen MR) is 57.6 cm³/mol. The van der Waals surface area contributed by atoms with Gasteiger partial charge in [0.15, 0.2) is 0 Å². The number of carboxylic acid groups (broad SMARTS) is 1. The van der Waals surface area contributed by atoms with E-state index >= 15 is 0 Å². The van der Waals surface area contributed by atoms with Gasteiger partial charge in [-0.1, -0.05) is 6.42 Å². The average molecular weight is 316 g/mol. The molecular formula is C10H17InO4. The summed E-state index contributed by atoms with van der Waals surface area (Å²) in [6, 6.07) is 0. The fourth-order valence-electron chi connectivity index (χ4n) is 1.78. The molecule has 0 amide bonds. The summed E-state index contributed by atoms with van der Waals surface area (Å²) in [5, 5.41) is 8.93. The SMILES string of the molecule is O=C(OC1(C(=O)O)CCC1)C1CCC1.[InH3]. The van der Waals surface area contributed by atoms with Gasteiger partial charge in [-0.15, -0.1) is 0 Å². The number of hydrogen-bond acceptors (Lipinski definition) is 3. The monoisotopic (exact) mass is 316 g/mol. The first-order chi connectivity index (χ1) is 6.64. The molecule has 0 bridgehead atoms. The zero-order chi connectivity index (χ0) is 10.2. The van der Waals surface area contributed by atoms with Gasteiger partial charge in [-0.25, -0.2) is 4.79 Å². The fraction of sp³-hybridized carbons (Fsp3) is 0.800. The van der Waals surface area contributed by atoms with E-state index in [9.17, 15) is 9.59 Å². The Morgan fingerprint density at radius 3 is 2.07 bits per heavy atom. The van der Waals surface area contributed by atoms with E-state index in [4.69, 9.17) is 9.84 Å². The predicted octanol–water partition coefficient (Wildman–Crippen LogP) is 0.153. The van der Waals surface area contributed by atoms with Crippen molar-refractivity contribution in [1.29, 1.82) is 0 Å². The van der Waals surface area contributed by atoms with Crippen LogP contribution in [0.15, 0.2) is 0 Å². The molecule has 2 aliphatic carbocycles. The molecule has 5 heteroatoms. The van der Waals surface area contributed by atoms with E-state index in [1.54, 1.807) is 0 Å². The first-order valence-corrected chi connectivity index (χ1v) is 5.10. The first-order valence-electron chi connectivity index (χ1n) is 5.10. The van der Waals surface area contributed by atoms with Crippen LogP contribution in [0.3, 0.4) is 0 Å². The summed E-state index contributed by atoms with van der Waals surface area (Å²) in [5.74, 6) is -1.33. The number of carbonyl (C=O) groups is 2. The van der Waals surface area contributed by atoms with Crippen LogP contribution in [-0.4, -0.2) is 48.5 Å². The zero-order valence-corrected chi connectivity index (χ0v) is 7.99. The summed E-state index contributed by atoms with van der Waals surface area (Å²) in [5.41, 5.74) is -1.17. The van der Waals surface area contributed by atoms with Crippen LogP contribution in [0, 0.1) is 5.92 Å². The fourth-order valence-corrected chi connectivity index (χ4v) is 1.78. The average Bonchev–Trinajstić information content (AvgIpc) is 1.92. The Morgan fingerprint density at radius 2 is 1.80 bits per heavy atom. The van der Waals surface area contributed by atoms with Crippen LogP contribution in [0.5, 0.6) is 0 Å². The Kier molecular flexibility index (Phi) is 4.09. The van der Waals surface area contributed by atoms with E-state index in [1.165, 1.54) is 0 Å². The Labute approximate surface area is 107 Å². The van der Waals surface area contributed by atoms with E-state index in [0.717, 1.165) is 25.7 Å². The molecule has 0 aliphatic heterocycles. The van der Waals surface area contributed by atoms with Crippen molar-refractivity contribution in [1.82, 2.24) is 0 Å². The van der Waals surface area contributed by atoms with Gasteiger partial charge in [0.05, 0.1) is 5.92 Å². The maximum absolute atomic E-state index is 11.5. The standard InChI is InChI=1S/C10H14O4.In.3H/c11-8(7-3-1-4-7)14-10(9(12)13)5-2-6-10;;;;/h7H,1-6H2,(H,12,13);;;;. The topological polar surface area (TPSA) is 63.6 Å². The van der Waals surface area contributed by atoms with Crippen LogP contribution in [0.2, 0.25) is 0 Å². The molecule has 0 atom stereocenters. The number of ether oxygens (including phenoxy) is 1. The van der Waals surface area contributed by atoms with Gasteiger partial charge in [-0.3, -0.25) is 4.79 Å². The van der Waals surface area contributed by atoms with Crippen LogP contribution in [0.25, 0.3) is 0 Å². The van der Waals surface area contributed by atoms with Crippen molar-refractivity contribution in [2.75, 3.05) is 0 Å². The molecule has 0 aromatic carbocycles. The van der Waals surface area contributed by atoms with E-state index in [-0.39, 0.29) is 37.7 Å². The molecule has 84 valence electrons. The van der Waals surface area contributed by atoms with E-state index in [1.807, 2.05) is 0 Å². The van der Waals surface area contributed by atoms with E-state index in [2.05, 4.69) is 0 Å². The van der Waals surface area contributed by atoms with Gasteiger partial charge in [0.2, 0.25) is 5.60 Å². The van der Waals surface area contributed by atoms with Crippen molar-refractivity contribution < 1.29 is 19.4 Å². The molecule has 0 radical (unpaired) electrons.